The second kappa shape index (κ2) is 9.80. The van der Waals surface area contributed by atoms with Crippen LogP contribution in [0.4, 0.5) is 5.69 Å². The van der Waals surface area contributed by atoms with Gasteiger partial charge in [-0.05, 0) is 54.3 Å². The number of hydrogen-bond donors (Lipinski definition) is 0. The van der Waals surface area contributed by atoms with Crippen molar-refractivity contribution >= 4 is 11.6 Å². The summed E-state index contributed by atoms with van der Waals surface area (Å²) in [5, 5.41) is 0. The lowest BCUT2D eigenvalue weighted by Crippen LogP contribution is -2.47. The number of carbonyl (C=O) groups excluding carboxylic acids is 1. The van der Waals surface area contributed by atoms with Crippen LogP contribution in [0.3, 0.4) is 0 Å². The number of benzene rings is 3. The normalized spacial score (nSPS) is 18.9. The van der Waals surface area contributed by atoms with Gasteiger partial charge in [-0.2, -0.15) is 0 Å². The molecule has 1 amide bonds. The lowest BCUT2D eigenvalue weighted by molar-refractivity contribution is -0.133. The van der Waals surface area contributed by atoms with E-state index < -0.39 is 0 Å². The molecule has 2 heterocycles. The lowest BCUT2D eigenvalue weighted by Gasteiger charge is -2.39. The molecule has 1 saturated heterocycles. The van der Waals surface area contributed by atoms with Gasteiger partial charge < -0.3 is 9.80 Å². The van der Waals surface area contributed by atoms with Gasteiger partial charge in [-0.15, -0.1) is 0 Å². The van der Waals surface area contributed by atoms with Crippen molar-refractivity contribution in [2.75, 3.05) is 44.2 Å². The van der Waals surface area contributed by atoms with Gasteiger partial charge >= 0.3 is 0 Å². The van der Waals surface area contributed by atoms with Gasteiger partial charge in [0.05, 0.1) is 12.5 Å². The van der Waals surface area contributed by atoms with E-state index in [9.17, 15) is 4.79 Å². The molecule has 170 valence electrons. The van der Waals surface area contributed by atoms with Crippen LogP contribution in [-0.4, -0.2) is 55.0 Å². The molecule has 4 heteroatoms. The largest absolute Gasteiger partial charge is 0.369 e. The highest BCUT2D eigenvalue weighted by Crippen LogP contribution is 2.37. The number of rotatable bonds is 6. The fraction of sp³-hybridized carbons (Fsp3) is 0.345. The van der Waals surface area contributed by atoms with Gasteiger partial charge in [-0.3, -0.25) is 9.69 Å². The van der Waals surface area contributed by atoms with E-state index in [1.807, 2.05) is 6.07 Å². The predicted octanol–water partition coefficient (Wildman–Crippen LogP) is 4.68. The van der Waals surface area contributed by atoms with E-state index in [0.29, 0.717) is 6.42 Å². The highest BCUT2D eigenvalue weighted by molar-refractivity contribution is 5.82. The molecule has 3 aromatic rings. The highest BCUT2D eigenvalue weighted by atomic mass is 16.2. The average Bonchev–Trinajstić information content (AvgIpc) is 2.86. The topological polar surface area (TPSA) is 26.8 Å². The molecule has 1 fully saturated rings. The van der Waals surface area contributed by atoms with E-state index in [4.69, 9.17) is 0 Å². The zero-order valence-corrected chi connectivity index (χ0v) is 19.5. The molecule has 3 aromatic carbocycles. The second-order valence-electron chi connectivity index (χ2n) is 9.24. The predicted molar refractivity (Wildman–Crippen MR) is 135 cm³/mol. The molecule has 0 aromatic heterocycles. The Bertz CT molecular complexity index is 1090. The van der Waals surface area contributed by atoms with E-state index in [0.717, 1.165) is 45.7 Å². The first-order valence-corrected chi connectivity index (χ1v) is 12.2. The molecule has 0 radical (unpaired) electrons. The van der Waals surface area contributed by atoms with Crippen LogP contribution < -0.4 is 4.90 Å². The number of para-hydroxylation sites is 1. The van der Waals surface area contributed by atoms with Crippen molar-refractivity contribution in [3.05, 3.63) is 101 Å². The van der Waals surface area contributed by atoms with Crippen LogP contribution in [0.5, 0.6) is 0 Å². The molecule has 4 nitrogen and oxygen atoms in total. The molecule has 0 aliphatic carbocycles. The molecule has 0 saturated carbocycles. The van der Waals surface area contributed by atoms with Crippen LogP contribution in [0, 0.1) is 6.92 Å². The smallest absolute Gasteiger partial charge is 0.227 e. The van der Waals surface area contributed by atoms with Gasteiger partial charge in [0.25, 0.3) is 0 Å². The number of amides is 1. The SMILES string of the molecule is Cc1ccccc1C1c2ccccc2CC(=O)N1CCCN1CCN(c2ccccc2)CC1. The summed E-state index contributed by atoms with van der Waals surface area (Å²) in [5.74, 6) is 0.246. The number of carbonyl (C=O) groups is 1. The fourth-order valence-electron chi connectivity index (χ4n) is 5.35. The first-order valence-electron chi connectivity index (χ1n) is 12.2. The summed E-state index contributed by atoms with van der Waals surface area (Å²) in [6.07, 6.45) is 1.51. The Kier molecular flexibility index (Phi) is 6.45. The van der Waals surface area contributed by atoms with Crippen LogP contribution in [0.1, 0.15) is 34.7 Å². The number of piperazine rings is 1. The van der Waals surface area contributed by atoms with Gasteiger partial charge in [-0.25, -0.2) is 0 Å². The second-order valence-corrected chi connectivity index (χ2v) is 9.24. The maximum atomic E-state index is 13.2. The van der Waals surface area contributed by atoms with Gasteiger partial charge in [0.2, 0.25) is 5.91 Å². The third-order valence-corrected chi connectivity index (χ3v) is 7.17. The fourth-order valence-corrected chi connectivity index (χ4v) is 5.35. The Morgan fingerprint density at radius 1 is 0.758 bits per heavy atom. The molecule has 0 spiro atoms. The van der Waals surface area contributed by atoms with Crippen molar-refractivity contribution in [3.8, 4) is 0 Å². The number of fused-ring (bicyclic) bond motifs is 1. The number of nitrogens with zero attached hydrogens (tertiary/aromatic N) is 3. The summed E-state index contributed by atoms with van der Waals surface area (Å²) in [7, 11) is 0. The molecular weight excluding hydrogens is 406 g/mol. The zero-order valence-electron chi connectivity index (χ0n) is 19.5. The van der Waals surface area contributed by atoms with Crippen LogP contribution in [0.2, 0.25) is 0 Å². The molecule has 0 bridgehead atoms. The standard InChI is InChI=1S/C29H33N3O/c1-23-10-5-7-14-26(23)29-27-15-8-6-11-24(27)22-28(33)32(29)17-9-16-30-18-20-31(21-19-30)25-12-3-2-4-13-25/h2-8,10-15,29H,9,16-22H2,1H3. The number of anilines is 1. The molecule has 0 N–H and O–H groups in total. The van der Waals surface area contributed by atoms with Gasteiger partial charge in [-0.1, -0.05) is 66.7 Å². The van der Waals surface area contributed by atoms with Crippen LogP contribution >= 0.6 is 0 Å². The van der Waals surface area contributed by atoms with Crippen molar-refractivity contribution < 1.29 is 4.79 Å². The Morgan fingerprint density at radius 2 is 1.42 bits per heavy atom. The van der Waals surface area contributed by atoms with Crippen molar-refractivity contribution in [2.24, 2.45) is 0 Å². The molecular formula is C29H33N3O. The molecule has 2 aliphatic rings. The van der Waals surface area contributed by atoms with Gasteiger partial charge in [0, 0.05) is 38.4 Å². The first-order chi connectivity index (χ1) is 16.2. The molecule has 33 heavy (non-hydrogen) atoms. The minimum atomic E-state index is 0.0126. The molecule has 2 aliphatic heterocycles. The minimum Gasteiger partial charge on any atom is -0.369 e. The van der Waals surface area contributed by atoms with Crippen molar-refractivity contribution in [1.82, 2.24) is 9.80 Å². The van der Waals surface area contributed by atoms with E-state index >= 15 is 0 Å². The van der Waals surface area contributed by atoms with E-state index in [-0.39, 0.29) is 11.9 Å². The van der Waals surface area contributed by atoms with E-state index in [1.54, 1.807) is 0 Å². The van der Waals surface area contributed by atoms with E-state index in [2.05, 4.69) is 94.4 Å². The Balaban J connectivity index is 1.25. The summed E-state index contributed by atoms with van der Waals surface area (Å²) in [6, 6.07) is 27.7. The summed E-state index contributed by atoms with van der Waals surface area (Å²) in [5.41, 5.74) is 6.26. The Morgan fingerprint density at radius 3 is 2.18 bits per heavy atom. The van der Waals surface area contributed by atoms with Crippen molar-refractivity contribution in [3.63, 3.8) is 0 Å². The summed E-state index contributed by atoms with van der Waals surface area (Å²) >= 11 is 0. The quantitative estimate of drug-likeness (QED) is 0.558. The average molecular weight is 440 g/mol. The maximum absolute atomic E-state index is 13.2. The lowest BCUT2D eigenvalue weighted by atomic mass is 9.86. The molecule has 1 atom stereocenters. The van der Waals surface area contributed by atoms with Crippen LogP contribution in [0.15, 0.2) is 78.9 Å². The van der Waals surface area contributed by atoms with Crippen molar-refractivity contribution in [1.29, 1.82) is 0 Å². The van der Waals surface area contributed by atoms with Crippen molar-refractivity contribution in [2.45, 2.75) is 25.8 Å². The van der Waals surface area contributed by atoms with Gasteiger partial charge in [0.1, 0.15) is 0 Å². The number of aryl methyl sites for hydroxylation is 1. The molecule has 5 rings (SSSR count). The van der Waals surface area contributed by atoms with E-state index in [1.165, 1.54) is 27.9 Å². The third-order valence-electron chi connectivity index (χ3n) is 7.17. The highest BCUT2D eigenvalue weighted by Gasteiger charge is 2.33. The first kappa shape index (κ1) is 21.7. The summed E-state index contributed by atoms with van der Waals surface area (Å²) in [4.78, 5) is 20.4. The maximum Gasteiger partial charge on any atom is 0.227 e. The van der Waals surface area contributed by atoms with Gasteiger partial charge in [0.15, 0.2) is 0 Å². The van der Waals surface area contributed by atoms with Crippen LogP contribution in [0.25, 0.3) is 0 Å². The zero-order chi connectivity index (χ0) is 22.6. The Hall–Kier alpha value is -3.11. The number of hydrogen-bond acceptors (Lipinski definition) is 3. The minimum absolute atomic E-state index is 0.0126. The third kappa shape index (κ3) is 4.67. The summed E-state index contributed by atoms with van der Waals surface area (Å²) in [6.45, 7) is 8.26. The summed E-state index contributed by atoms with van der Waals surface area (Å²) < 4.78 is 0. The molecule has 1 unspecified atom stereocenters. The Labute approximate surface area is 197 Å². The van der Waals surface area contributed by atoms with Crippen LogP contribution in [-0.2, 0) is 11.2 Å². The monoisotopic (exact) mass is 439 g/mol.